The van der Waals surface area contributed by atoms with Crippen molar-refractivity contribution in [1.29, 1.82) is 0 Å². The fraction of sp³-hybridized carbons (Fsp3) is 0.400. The van der Waals surface area contributed by atoms with E-state index >= 15 is 0 Å². The lowest BCUT2D eigenvalue weighted by Gasteiger charge is -2.16. The fourth-order valence-corrected chi connectivity index (χ4v) is 4.89. The molecule has 32 heavy (non-hydrogen) atoms. The molecule has 1 N–H and O–H groups in total. The predicted molar refractivity (Wildman–Crippen MR) is 128 cm³/mol. The van der Waals surface area contributed by atoms with Gasteiger partial charge in [0.1, 0.15) is 12.4 Å². The van der Waals surface area contributed by atoms with Gasteiger partial charge in [0.2, 0.25) is 5.91 Å². The monoisotopic (exact) mass is 450 g/mol. The molecular formula is C25H30N4O2S. The van der Waals surface area contributed by atoms with Gasteiger partial charge in [-0.3, -0.25) is 4.79 Å². The van der Waals surface area contributed by atoms with Crippen LogP contribution in [0.3, 0.4) is 0 Å². The normalized spacial score (nSPS) is 12.9. The van der Waals surface area contributed by atoms with Gasteiger partial charge in [-0.15, -0.1) is 10.2 Å². The Hall–Kier alpha value is -2.80. The second-order valence-corrected chi connectivity index (χ2v) is 8.86. The number of amides is 1. The highest BCUT2D eigenvalue weighted by Crippen LogP contribution is 2.26. The number of hydrogen-bond donors (Lipinski definition) is 1. The van der Waals surface area contributed by atoms with E-state index in [1.165, 1.54) is 35.7 Å². The van der Waals surface area contributed by atoms with Crippen LogP contribution < -0.4 is 10.1 Å². The van der Waals surface area contributed by atoms with Gasteiger partial charge in [0.25, 0.3) is 0 Å². The van der Waals surface area contributed by atoms with E-state index in [1.54, 1.807) is 0 Å². The Labute approximate surface area is 193 Å². The van der Waals surface area contributed by atoms with E-state index in [1.807, 2.05) is 41.8 Å². The first-order valence-corrected chi connectivity index (χ1v) is 12.3. The number of anilines is 1. The second-order valence-electron chi connectivity index (χ2n) is 7.92. The lowest BCUT2D eigenvalue weighted by atomic mass is 9.92. The third-order valence-electron chi connectivity index (χ3n) is 5.80. The quantitative estimate of drug-likeness (QED) is 0.462. The van der Waals surface area contributed by atoms with E-state index in [2.05, 4.69) is 34.6 Å². The summed E-state index contributed by atoms with van der Waals surface area (Å²) in [6.45, 7) is 5.21. The van der Waals surface area contributed by atoms with Crippen LogP contribution >= 0.6 is 11.8 Å². The maximum absolute atomic E-state index is 12.5. The Morgan fingerprint density at radius 3 is 2.72 bits per heavy atom. The Balaban J connectivity index is 1.35. The lowest BCUT2D eigenvalue weighted by Crippen LogP contribution is -2.16. The summed E-state index contributed by atoms with van der Waals surface area (Å²) in [6.07, 6.45) is 5.69. The van der Waals surface area contributed by atoms with Gasteiger partial charge in [-0.05, 0) is 73.9 Å². The van der Waals surface area contributed by atoms with E-state index in [9.17, 15) is 4.79 Å². The number of nitrogens with zero attached hydrogens (tertiary/aromatic N) is 3. The number of benzene rings is 2. The Morgan fingerprint density at radius 1 is 1.09 bits per heavy atom. The molecule has 1 aromatic heterocycles. The van der Waals surface area contributed by atoms with Crippen LogP contribution in [-0.4, -0.2) is 26.4 Å². The second kappa shape index (κ2) is 10.7. The van der Waals surface area contributed by atoms with E-state index < -0.39 is 0 Å². The first kappa shape index (κ1) is 22.4. The molecule has 1 aliphatic rings. The number of rotatable bonds is 9. The highest BCUT2D eigenvalue weighted by atomic mass is 32.2. The van der Waals surface area contributed by atoms with Gasteiger partial charge in [0.15, 0.2) is 11.0 Å². The van der Waals surface area contributed by atoms with Crippen molar-refractivity contribution in [1.82, 2.24) is 14.8 Å². The lowest BCUT2D eigenvalue weighted by molar-refractivity contribution is -0.113. The minimum atomic E-state index is -0.0478. The molecule has 0 unspecified atom stereocenters. The van der Waals surface area contributed by atoms with Crippen LogP contribution in [0, 0.1) is 0 Å². The van der Waals surface area contributed by atoms with E-state index in [-0.39, 0.29) is 11.7 Å². The number of carbonyl (C=O) groups excluding carboxylic acids is 1. The molecule has 0 fully saturated rings. The summed E-state index contributed by atoms with van der Waals surface area (Å²) < 4.78 is 8.04. The molecular weight excluding hydrogens is 420 g/mol. The molecule has 0 bridgehead atoms. The highest BCUT2D eigenvalue weighted by Gasteiger charge is 2.15. The number of aromatic nitrogens is 3. The molecule has 1 amide bonds. The summed E-state index contributed by atoms with van der Waals surface area (Å²) in [5, 5.41) is 12.3. The smallest absolute Gasteiger partial charge is 0.234 e. The number of fused-ring (bicyclic) bond motifs is 1. The van der Waals surface area contributed by atoms with Crippen LogP contribution in [-0.2, 0) is 37.2 Å². The Morgan fingerprint density at radius 2 is 1.91 bits per heavy atom. The zero-order chi connectivity index (χ0) is 22.3. The van der Waals surface area contributed by atoms with Crippen molar-refractivity contribution >= 4 is 23.4 Å². The van der Waals surface area contributed by atoms with Crippen molar-refractivity contribution in [3.8, 4) is 5.75 Å². The number of para-hydroxylation sites is 1. The Bertz CT molecular complexity index is 1080. The molecule has 1 aliphatic carbocycles. The molecule has 3 aromatic rings. The predicted octanol–water partition coefficient (Wildman–Crippen LogP) is 5.05. The largest absolute Gasteiger partial charge is 0.486 e. The molecule has 0 aliphatic heterocycles. The number of aryl methyl sites for hydroxylation is 3. The summed E-state index contributed by atoms with van der Waals surface area (Å²) in [5.74, 6) is 1.87. The zero-order valence-electron chi connectivity index (χ0n) is 18.8. The van der Waals surface area contributed by atoms with Gasteiger partial charge in [0.05, 0.1) is 5.75 Å². The molecule has 0 spiro atoms. The molecule has 7 heteroatoms. The van der Waals surface area contributed by atoms with Crippen molar-refractivity contribution in [3.63, 3.8) is 0 Å². The maximum Gasteiger partial charge on any atom is 0.234 e. The van der Waals surface area contributed by atoms with Crippen LogP contribution in [0.5, 0.6) is 5.75 Å². The van der Waals surface area contributed by atoms with Crippen molar-refractivity contribution in [2.24, 2.45) is 0 Å². The summed E-state index contributed by atoms with van der Waals surface area (Å²) >= 11 is 1.40. The number of nitrogens with one attached hydrogen (secondary N) is 1. The van der Waals surface area contributed by atoms with Gasteiger partial charge >= 0.3 is 0 Å². The van der Waals surface area contributed by atoms with Crippen LogP contribution in [0.2, 0.25) is 0 Å². The van der Waals surface area contributed by atoms with Crippen molar-refractivity contribution < 1.29 is 9.53 Å². The molecule has 4 rings (SSSR count). The van der Waals surface area contributed by atoms with Gasteiger partial charge in [0, 0.05) is 12.2 Å². The number of thioether (sulfide) groups is 1. The fourth-order valence-electron chi connectivity index (χ4n) is 4.06. The zero-order valence-corrected chi connectivity index (χ0v) is 19.6. The minimum Gasteiger partial charge on any atom is -0.486 e. The van der Waals surface area contributed by atoms with Crippen LogP contribution in [0.1, 0.15) is 49.2 Å². The average molecular weight is 451 g/mol. The molecule has 0 saturated carbocycles. The molecule has 168 valence electrons. The Kier molecular flexibility index (Phi) is 7.47. The highest BCUT2D eigenvalue weighted by molar-refractivity contribution is 7.99. The van der Waals surface area contributed by atoms with Crippen molar-refractivity contribution in [3.05, 3.63) is 65.0 Å². The van der Waals surface area contributed by atoms with E-state index in [4.69, 9.17) is 4.74 Å². The minimum absolute atomic E-state index is 0.0478. The molecule has 0 saturated heterocycles. The standard InChI is InChI=1S/C25H30N4O2S/c1-3-18-9-7-8-12-22(18)26-24(30)17-32-25-28-27-23(29(25)4-2)16-31-21-14-13-19-10-5-6-11-20(19)15-21/h7-9,12-15H,3-6,10-11,16-17H2,1-2H3,(H,26,30). The SMILES string of the molecule is CCc1ccccc1NC(=O)CSc1nnc(COc2ccc3c(c2)CCCC3)n1CC. The van der Waals surface area contributed by atoms with Gasteiger partial charge in [-0.2, -0.15) is 0 Å². The summed E-state index contributed by atoms with van der Waals surface area (Å²) in [7, 11) is 0. The molecule has 6 nitrogen and oxygen atoms in total. The first-order valence-electron chi connectivity index (χ1n) is 11.3. The van der Waals surface area contributed by atoms with Crippen LogP contribution in [0.25, 0.3) is 0 Å². The summed E-state index contributed by atoms with van der Waals surface area (Å²) in [4.78, 5) is 12.5. The maximum atomic E-state index is 12.5. The third kappa shape index (κ3) is 5.33. The third-order valence-corrected chi connectivity index (χ3v) is 6.77. The van der Waals surface area contributed by atoms with Crippen LogP contribution in [0.15, 0.2) is 47.6 Å². The number of carbonyl (C=O) groups is 1. The topological polar surface area (TPSA) is 69.0 Å². The van der Waals surface area contributed by atoms with Crippen LogP contribution in [0.4, 0.5) is 5.69 Å². The van der Waals surface area contributed by atoms with Crippen molar-refractivity contribution in [2.45, 2.75) is 64.3 Å². The summed E-state index contributed by atoms with van der Waals surface area (Å²) in [5.41, 5.74) is 4.84. The first-order chi connectivity index (χ1) is 15.7. The van der Waals surface area contributed by atoms with Gasteiger partial charge in [-0.25, -0.2) is 0 Å². The molecule has 1 heterocycles. The number of hydrogen-bond acceptors (Lipinski definition) is 5. The average Bonchev–Trinajstić information content (AvgIpc) is 3.23. The molecule has 0 radical (unpaired) electrons. The number of ether oxygens (including phenoxy) is 1. The summed E-state index contributed by atoms with van der Waals surface area (Å²) in [6, 6.07) is 14.3. The van der Waals surface area contributed by atoms with Gasteiger partial charge < -0.3 is 14.6 Å². The molecule has 2 aromatic carbocycles. The van der Waals surface area contributed by atoms with Gasteiger partial charge in [-0.1, -0.05) is 43.0 Å². The molecule has 0 atom stereocenters. The van der Waals surface area contributed by atoms with E-state index in [0.717, 1.165) is 53.8 Å². The van der Waals surface area contributed by atoms with E-state index in [0.29, 0.717) is 6.61 Å². The van der Waals surface area contributed by atoms with Crippen molar-refractivity contribution in [2.75, 3.05) is 11.1 Å².